The van der Waals surface area contributed by atoms with Crippen LogP contribution < -0.4 is 14.8 Å². The molecule has 2 aromatic carbocycles. The SMILES string of the molecule is COc1cc2c(cc1OC)CN(CCNC(=O)COCc1ccccc1Cl)CC2. The molecule has 0 radical (unpaired) electrons. The third-order valence-electron chi connectivity index (χ3n) is 5.00. The number of fused-ring (bicyclic) bond motifs is 1. The van der Waals surface area contributed by atoms with Crippen LogP contribution in [0.3, 0.4) is 0 Å². The van der Waals surface area contributed by atoms with Gasteiger partial charge in [-0.3, -0.25) is 9.69 Å². The van der Waals surface area contributed by atoms with Crippen LogP contribution in [0, 0.1) is 0 Å². The summed E-state index contributed by atoms with van der Waals surface area (Å²) in [4.78, 5) is 14.3. The van der Waals surface area contributed by atoms with Crippen molar-refractivity contribution in [2.75, 3.05) is 40.5 Å². The number of carbonyl (C=O) groups is 1. The Kier molecular flexibility index (Phi) is 7.75. The highest BCUT2D eigenvalue weighted by Gasteiger charge is 2.19. The van der Waals surface area contributed by atoms with Crippen molar-refractivity contribution in [1.82, 2.24) is 10.2 Å². The lowest BCUT2D eigenvalue weighted by Crippen LogP contribution is -2.38. The molecule has 1 aliphatic rings. The Morgan fingerprint density at radius 3 is 2.59 bits per heavy atom. The minimum absolute atomic E-state index is 0.0189. The Labute approximate surface area is 176 Å². The van der Waals surface area contributed by atoms with E-state index in [2.05, 4.69) is 16.3 Å². The molecule has 0 unspecified atom stereocenters. The Bertz CT molecular complexity index is 844. The van der Waals surface area contributed by atoms with E-state index >= 15 is 0 Å². The third kappa shape index (κ3) is 5.85. The molecule has 1 heterocycles. The highest BCUT2D eigenvalue weighted by molar-refractivity contribution is 6.31. The quantitative estimate of drug-likeness (QED) is 0.678. The van der Waals surface area contributed by atoms with Crippen LogP contribution >= 0.6 is 11.6 Å². The second kappa shape index (κ2) is 10.5. The van der Waals surface area contributed by atoms with E-state index in [0.717, 1.165) is 43.1 Å². The zero-order valence-corrected chi connectivity index (χ0v) is 17.6. The Balaban J connectivity index is 1.40. The lowest BCUT2D eigenvalue weighted by atomic mass is 9.99. The molecule has 0 bridgehead atoms. The minimum atomic E-state index is -0.124. The summed E-state index contributed by atoms with van der Waals surface area (Å²) in [6, 6.07) is 11.6. The van der Waals surface area contributed by atoms with Crippen LogP contribution in [0.4, 0.5) is 0 Å². The van der Waals surface area contributed by atoms with E-state index in [4.69, 9.17) is 25.8 Å². The summed E-state index contributed by atoms with van der Waals surface area (Å²) in [5, 5.41) is 3.56. The minimum Gasteiger partial charge on any atom is -0.493 e. The highest BCUT2D eigenvalue weighted by Crippen LogP contribution is 2.33. The zero-order chi connectivity index (χ0) is 20.6. The number of nitrogens with zero attached hydrogens (tertiary/aromatic N) is 1. The number of hydrogen-bond donors (Lipinski definition) is 1. The summed E-state index contributed by atoms with van der Waals surface area (Å²) < 4.78 is 16.2. The van der Waals surface area contributed by atoms with Crippen molar-refractivity contribution in [3.8, 4) is 11.5 Å². The number of ether oxygens (including phenoxy) is 3. The molecule has 29 heavy (non-hydrogen) atoms. The average molecular weight is 419 g/mol. The molecule has 1 amide bonds. The molecule has 0 saturated heterocycles. The molecule has 1 N–H and O–H groups in total. The van der Waals surface area contributed by atoms with Gasteiger partial charge >= 0.3 is 0 Å². The maximum Gasteiger partial charge on any atom is 0.246 e. The van der Waals surface area contributed by atoms with Gasteiger partial charge in [0.25, 0.3) is 0 Å². The fourth-order valence-electron chi connectivity index (χ4n) is 3.41. The van der Waals surface area contributed by atoms with E-state index < -0.39 is 0 Å². The van der Waals surface area contributed by atoms with E-state index in [1.54, 1.807) is 14.2 Å². The van der Waals surface area contributed by atoms with Crippen molar-refractivity contribution in [2.24, 2.45) is 0 Å². The predicted octanol–water partition coefficient (Wildman–Crippen LogP) is 3.05. The molecule has 156 valence electrons. The van der Waals surface area contributed by atoms with Gasteiger partial charge in [0.15, 0.2) is 11.5 Å². The second-order valence-electron chi connectivity index (χ2n) is 6.94. The van der Waals surface area contributed by atoms with Gasteiger partial charge in [-0.05, 0) is 41.3 Å². The Morgan fingerprint density at radius 2 is 1.86 bits per heavy atom. The van der Waals surface area contributed by atoms with Gasteiger partial charge in [0.05, 0.1) is 20.8 Å². The fourth-order valence-corrected chi connectivity index (χ4v) is 3.60. The molecule has 2 aromatic rings. The third-order valence-corrected chi connectivity index (χ3v) is 5.36. The molecular formula is C22H27ClN2O4. The van der Waals surface area contributed by atoms with Crippen LogP contribution in [0.1, 0.15) is 16.7 Å². The summed E-state index contributed by atoms with van der Waals surface area (Å²) in [5.41, 5.74) is 3.40. The molecule has 1 aliphatic heterocycles. The summed E-state index contributed by atoms with van der Waals surface area (Å²) in [7, 11) is 3.30. The number of halogens is 1. The molecule has 7 heteroatoms. The van der Waals surface area contributed by atoms with E-state index in [-0.39, 0.29) is 12.5 Å². The molecule has 6 nitrogen and oxygen atoms in total. The van der Waals surface area contributed by atoms with Gasteiger partial charge in [-0.1, -0.05) is 29.8 Å². The largest absolute Gasteiger partial charge is 0.493 e. The lowest BCUT2D eigenvalue weighted by molar-refractivity contribution is -0.126. The fraction of sp³-hybridized carbons (Fsp3) is 0.409. The molecule has 0 aromatic heterocycles. The first-order chi connectivity index (χ1) is 14.1. The van der Waals surface area contributed by atoms with Crippen LogP contribution in [0.25, 0.3) is 0 Å². The van der Waals surface area contributed by atoms with E-state index in [1.807, 2.05) is 30.3 Å². The van der Waals surface area contributed by atoms with Crippen LogP contribution in [-0.4, -0.2) is 51.3 Å². The summed E-state index contributed by atoms with van der Waals surface area (Å²) >= 11 is 6.08. The number of benzene rings is 2. The van der Waals surface area contributed by atoms with Crippen molar-refractivity contribution in [1.29, 1.82) is 0 Å². The topological polar surface area (TPSA) is 60.0 Å². The van der Waals surface area contributed by atoms with Crippen molar-refractivity contribution in [3.63, 3.8) is 0 Å². The van der Waals surface area contributed by atoms with E-state index in [0.29, 0.717) is 18.2 Å². The molecule has 0 saturated carbocycles. The molecule has 3 rings (SSSR count). The van der Waals surface area contributed by atoms with Crippen molar-refractivity contribution in [3.05, 3.63) is 58.1 Å². The van der Waals surface area contributed by atoms with Gasteiger partial charge in [-0.25, -0.2) is 0 Å². The molecule has 0 spiro atoms. The van der Waals surface area contributed by atoms with Crippen LogP contribution in [-0.2, 0) is 29.1 Å². The van der Waals surface area contributed by atoms with Crippen molar-refractivity contribution >= 4 is 17.5 Å². The first-order valence-electron chi connectivity index (χ1n) is 9.64. The van der Waals surface area contributed by atoms with Gasteiger partial charge in [-0.2, -0.15) is 0 Å². The maximum atomic E-state index is 12.0. The average Bonchev–Trinajstić information content (AvgIpc) is 2.74. The van der Waals surface area contributed by atoms with Gasteiger partial charge in [0, 0.05) is 31.2 Å². The van der Waals surface area contributed by atoms with E-state index in [9.17, 15) is 4.79 Å². The molecule has 0 fully saturated rings. The van der Waals surface area contributed by atoms with Crippen LogP contribution in [0.5, 0.6) is 11.5 Å². The summed E-state index contributed by atoms with van der Waals surface area (Å²) in [5.74, 6) is 1.39. The smallest absolute Gasteiger partial charge is 0.246 e. The highest BCUT2D eigenvalue weighted by atomic mass is 35.5. The molecular weight excluding hydrogens is 392 g/mol. The first kappa shape index (κ1) is 21.4. The maximum absolute atomic E-state index is 12.0. The van der Waals surface area contributed by atoms with Crippen molar-refractivity contribution < 1.29 is 19.0 Å². The first-order valence-corrected chi connectivity index (χ1v) is 10.0. The molecule has 0 atom stereocenters. The standard InChI is InChI=1S/C22H27ClN2O4/c1-27-20-11-16-7-9-25(13-18(16)12-21(20)28-2)10-8-24-22(26)15-29-14-17-5-3-4-6-19(17)23/h3-6,11-12H,7-10,13-15H2,1-2H3,(H,24,26). The van der Waals surface area contributed by atoms with E-state index in [1.165, 1.54) is 11.1 Å². The predicted molar refractivity (Wildman–Crippen MR) is 113 cm³/mol. The summed E-state index contributed by atoms with van der Waals surface area (Å²) in [6.07, 6.45) is 0.949. The lowest BCUT2D eigenvalue weighted by Gasteiger charge is -2.29. The number of carbonyl (C=O) groups excluding carboxylic acids is 1. The van der Waals surface area contributed by atoms with Gasteiger partial charge in [0.2, 0.25) is 5.91 Å². The monoisotopic (exact) mass is 418 g/mol. The number of rotatable bonds is 9. The number of amides is 1. The number of hydrogen-bond acceptors (Lipinski definition) is 5. The van der Waals surface area contributed by atoms with Crippen LogP contribution in [0.15, 0.2) is 36.4 Å². The van der Waals surface area contributed by atoms with Gasteiger partial charge in [-0.15, -0.1) is 0 Å². The Hall–Kier alpha value is -2.28. The van der Waals surface area contributed by atoms with Gasteiger partial charge in [0.1, 0.15) is 6.61 Å². The number of methoxy groups -OCH3 is 2. The van der Waals surface area contributed by atoms with Gasteiger partial charge < -0.3 is 19.5 Å². The van der Waals surface area contributed by atoms with Crippen molar-refractivity contribution in [2.45, 2.75) is 19.6 Å². The number of nitrogens with one attached hydrogen (secondary N) is 1. The summed E-state index contributed by atoms with van der Waals surface area (Å²) in [6.45, 7) is 3.48. The normalized spacial score (nSPS) is 13.6. The molecule has 0 aliphatic carbocycles. The second-order valence-corrected chi connectivity index (χ2v) is 7.34. The zero-order valence-electron chi connectivity index (χ0n) is 16.9. The Morgan fingerprint density at radius 1 is 1.14 bits per heavy atom. The van der Waals surface area contributed by atoms with Crippen LogP contribution in [0.2, 0.25) is 5.02 Å².